The Hall–Kier alpha value is -0.650. The Morgan fingerprint density at radius 3 is 2.30 bits per heavy atom. The van der Waals surface area contributed by atoms with Gasteiger partial charge in [-0.25, -0.2) is 0 Å². The summed E-state index contributed by atoms with van der Waals surface area (Å²) in [6.45, 7) is 7.80. The van der Waals surface area contributed by atoms with Crippen LogP contribution < -0.4 is 0 Å². The first-order chi connectivity index (χ1) is 11.1. The molecular weight excluding hydrogens is 292 g/mol. The van der Waals surface area contributed by atoms with Crippen molar-refractivity contribution in [3.05, 3.63) is 0 Å². The standard InChI is InChI=1S/C18H32N2O3/c1-15-2-6-18(22,7-3-15)14-19-8-4-16(5-9-19)17(21)20-10-12-23-13-11-20/h15-16,22H,2-14H2,1H3. The van der Waals surface area contributed by atoms with Gasteiger partial charge in [0.05, 0.1) is 18.8 Å². The lowest BCUT2D eigenvalue weighted by molar-refractivity contribution is -0.141. The Kier molecular flexibility index (Phi) is 5.60. The summed E-state index contributed by atoms with van der Waals surface area (Å²) < 4.78 is 5.33. The molecule has 1 amide bonds. The Bertz CT molecular complexity index is 393. The van der Waals surface area contributed by atoms with Gasteiger partial charge in [0.15, 0.2) is 0 Å². The Labute approximate surface area is 140 Å². The van der Waals surface area contributed by atoms with Gasteiger partial charge in [0.1, 0.15) is 0 Å². The molecule has 2 heterocycles. The molecule has 0 aromatic heterocycles. The van der Waals surface area contributed by atoms with Gasteiger partial charge in [-0.3, -0.25) is 4.79 Å². The minimum atomic E-state index is -0.492. The van der Waals surface area contributed by atoms with Crippen LogP contribution in [0.25, 0.3) is 0 Å². The molecule has 5 nitrogen and oxygen atoms in total. The molecular formula is C18H32N2O3. The third-order valence-corrected chi connectivity index (χ3v) is 5.98. The summed E-state index contributed by atoms with van der Waals surface area (Å²) in [4.78, 5) is 16.9. The lowest BCUT2D eigenvalue weighted by Gasteiger charge is -2.41. The van der Waals surface area contributed by atoms with Crippen molar-refractivity contribution in [2.24, 2.45) is 11.8 Å². The van der Waals surface area contributed by atoms with Crippen LogP contribution in [0.3, 0.4) is 0 Å². The Morgan fingerprint density at radius 2 is 1.70 bits per heavy atom. The third-order valence-electron chi connectivity index (χ3n) is 5.98. The number of likely N-dealkylation sites (tertiary alicyclic amines) is 1. The molecule has 5 heteroatoms. The third kappa shape index (κ3) is 4.46. The number of ether oxygens (including phenoxy) is 1. The molecule has 0 unspecified atom stereocenters. The molecule has 132 valence electrons. The van der Waals surface area contributed by atoms with Crippen LogP contribution in [-0.4, -0.2) is 72.4 Å². The normalized spacial score (nSPS) is 34.5. The van der Waals surface area contributed by atoms with Crippen LogP contribution in [0.15, 0.2) is 0 Å². The summed E-state index contributed by atoms with van der Waals surface area (Å²) >= 11 is 0. The number of amides is 1. The second-order valence-corrected chi connectivity index (χ2v) is 7.89. The van der Waals surface area contributed by atoms with Crippen LogP contribution in [0.1, 0.15) is 45.4 Å². The molecule has 3 aliphatic rings. The maximum Gasteiger partial charge on any atom is 0.225 e. The smallest absolute Gasteiger partial charge is 0.225 e. The highest BCUT2D eigenvalue weighted by atomic mass is 16.5. The number of piperidine rings is 1. The van der Waals surface area contributed by atoms with Crippen LogP contribution in [0.2, 0.25) is 0 Å². The predicted octanol–water partition coefficient (Wildman–Crippen LogP) is 1.50. The van der Waals surface area contributed by atoms with Gasteiger partial charge in [0.2, 0.25) is 5.91 Å². The van der Waals surface area contributed by atoms with Crippen molar-refractivity contribution in [1.29, 1.82) is 0 Å². The van der Waals surface area contributed by atoms with Crippen molar-refractivity contribution in [2.75, 3.05) is 45.9 Å². The highest BCUT2D eigenvalue weighted by Gasteiger charge is 2.36. The molecule has 3 rings (SSSR count). The second kappa shape index (κ2) is 7.49. The van der Waals surface area contributed by atoms with E-state index in [9.17, 15) is 9.90 Å². The summed E-state index contributed by atoms with van der Waals surface area (Å²) in [5, 5.41) is 10.8. The van der Waals surface area contributed by atoms with E-state index < -0.39 is 5.60 Å². The second-order valence-electron chi connectivity index (χ2n) is 7.89. The number of hydrogen-bond acceptors (Lipinski definition) is 4. The highest BCUT2D eigenvalue weighted by Crippen LogP contribution is 2.33. The molecule has 0 spiro atoms. The van der Waals surface area contributed by atoms with E-state index in [0.717, 1.165) is 77.2 Å². The number of carbonyl (C=O) groups is 1. The molecule has 0 atom stereocenters. The van der Waals surface area contributed by atoms with Gasteiger partial charge in [-0.15, -0.1) is 0 Å². The zero-order chi connectivity index (χ0) is 16.3. The van der Waals surface area contributed by atoms with Crippen LogP contribution in [0, 0.1) is 11.8 Å². The van der Waals surface area contributed by atoms with Gasteiger partial charge in [0.25, 0.3) is 0 Å². The number of aliphatic hydroxyl groups is 1. The highest BCUT2D eigenvalue weighted by molar-refractivity contribution is 5.79. The quantitative estimate of drug-likeness (QED) is 0.855. The van der Waals surface area contributed by atoms with Gasteiger partial charge in [0, 0.05) is 25.6 Å². The van der Waals surface area contributed by atoms with Gasteiger partial charge in [-0.2, -0.15) is 0 Å². The topological polar surface area (TPSA) is 53.0 Å². The monoisotopic (exact) mass is 324 g/mol. The van der Waals surface area contributed by atoms with E-state index in [0.29, 0.717) is 19.1 Å². The van der Waals surface area contributed by atoms with Gasteiger partial charge in [-0.05, 0) is 57.5 Å². The van der Waals surface area contributed by atoms with Crippen LogP contribution >= 0.6 is 0 Å². The number of nitrogens with zero attached hydrogens (tertiary/aromatic N) is 2. The van der Waals surface area contributed by atoms with Crippen molar-refractivity contribution < 1.29 is 14.6 Å². The SMILES string of the molecule is CC1CCC(O)(CN2CCC(C(=O)N3CCOCC3)CC2)CC1. The van der Waals surface area contributed by atoms with E-state index in [4.69, 9.17) is 4.74 Å². The van der Waals surface area contributed by atoms with E-state index in [2.05, 4.69) is 11.8 Å². The van der Waals surface area contributed by atoms with E-state index in [1.165, 1.54) is 0 Å². The van der Waals surface area contributed by atoms with E-state index in [1.54, 1.807) is 0 Å². The zero-order valence-electron chi connectivity index (χ0n) is 14.5. The molecule has 0 aromatic carbocycles. The molecule has 0 radical (unpaired) electrons. The first kappa shape index (κ1) is 17.2. The molecule has 1 aliphatic carbocycles. The number of β-amino-alcohol motifs (C(OH)–C–C–N with tert-alkyl or cyclic N) is 1. The summed E-state index contributed by atoms with van der Waals surface area (Å²) in [5.41, 5.74) is -0.492. The fraction of sp³-hybridized carbons (Fsp3) is 0.944. The first-order valence-electron chi connectivity index (χ1n) is 9.37. The maximum absolute atomic E-state index is 12.6. The molecule has 0 aromatic rings. The predicted molar refractivity (Wildman–Crippen MR) is 89.1 cm³/mol. The van der Waals surface area contributed by atoms with Crippen LogP contribution in [0.5, 0.6) is 0 Å². The summed E-state index contributed by atoms with van der Waals surface area (Å²) in [7, 11) is 0. The largest absolute Gasteiger partial charge is 0.389 e. The lowest BCUT2D eigenvalue weighted by atomic mass is 9.79. The molecule has 1 saturated carbocycles. The van der Waals surface area contributed by atoms with Gasteiger partial charge >= 0.3 is 0 Å². The zero-order valence-corrected chi connectivity index (χ0v) is 14.5. The fourth-order valence-corrected chi connectivity index (χ4v) is 4.25. The summed E-state index contributed by atoms with van der Waals surface area (Å²) in [6.07, 6.45) is 6.01. The van der Waals surface area contributed by atoms with Crippen molar-refractivity contribution in [1.82, 2.24) is 9.80 Å². The lowest BCUT2D eigenvalue weighted by Crippen LogP contribution is -2.50. The number of rotatable bonds is 3. The average molecular weight is 324 g/mol. The van der Waals surface area contributed by atoms with Crippen molar-refractivity contribution in [3.63, 3.8) is 0 Å². The Morgan fingerprint density at radius 1 is 1.09 bits per heavy atom. The van der Waals surface area contributed by atoms with E-state index >= 15 is 0 Å². The molecule has 3 fully saturated rings. The van der Waals surface area contributed by atoms with Crippen molar-refractivity contribution >= 4 is 5.91 Å². The molecule has 1 N–H and O–H groups in total. The Balaban J connectivity index is 1.44. The first-order valence-corrected chi connectivity index (χ1v) is 9.37. The number of hydrogen-bond donors (Lipinski definition) is 1. The minimum Gasteiger partial charge on any atom is -0.389 e. The fourth-order valence-electron chi connectivity index (χ4n) is 4.25. The minimum absolute atomic E-state index is 0.172. The number of carbonyl (C=O) groups excluding carboxylic acids is 1. The molecule has 23 heavy (non-hydrogen) atoms. The van der Waals surface area contributed by atoms with E-state index in [-0.39, 0.29) is 5.92 Å². The van der Waals surface area contributed by atoms with E-state index in [1.807, 2.05) is 4.90 Å². The van der Waals surface area contributed by atoms with Gasteiger partial charge < -0.3 is 19.6 Å². The average Bonchev–Trinajstić information content (AvgIpc) is 2.59. The van der Waals surface area contributed by atoms with Gasteiger partial charge in [-0.1, -0.05) is 6.92 Å². The molecule has 2 saturated heterocycles. The summed E-state index contributed by atoms with van der Waals surface area (Å²) in [5.74, 6) is 1.25. The maximum atomic E-state index is 12.6. The summed E-state index contributed by atoms with van der Waals surface area (Å²) in [6, 6.07) is 0. The van der Waals surface area contributed by atoms with Crippen LogP contribution in [0.4, 0.5) is 0 Å². The number of morpholine rings is 1. The molecule has 0 bridgehead atoms. The van der Waals surface area contributed by atoms with Crippen molar-refractivity contribution in [3.8, 4) is 0 Å². The van der Waals surface area contributed by atoms with Crippen molar-refractivity contribution in [2.45, 2.75) is 51.0 Å². The van der Waals surface area contributed by atoms with Crippen LogP contribution in [-0.2, 0) is 9.53 Å². The molecule has 2 aliphatic heterocycles.